The molecule has 0 saturated heterocycles. The summed E-state index contributed by atoms with van der Waals surface area (Å²) in [6, 6.07) is 10.8. The molecule has 4 rings (SSSR count). The molecule has 2 aromatic carbocycles. The molecule has 3 aromatic rings. The molecule has 6 nitrogen and oxygen atoms in total. The lowest BCUT2D eigenvalue weighted by molar-refractivity contribution is -0.142. The summed E-state index contributed by atoms with van der Waals surface area (Å²) in [6.45, 7) is 7.11. The van der Waals surface area contributed by atoms with E-state index in [4.69, 9.17) is 4.74 Å². The Morgan fingerprint density at radius 3 is 2.78 bits per heavy atom. The van der Waals surface area contributed by atoms with Crippen LogP contribution in [0.1, 0.15) is 55.1 Å². The largest absolute Gasteiger partial charge is 0.492 e. The average Bonchev–Trinajstić information content (AvgIpc) is 3.26. The molecule has 1 unspecified atom stereocenters. The van der Waals surface area contributed by atoms with Gasteiger partial charge < -0.3 is 20.1 Å². The Hall–Kier alpha value is -2.97. The molecule has 1 aromatic heterocycles. The highest BCUT2D eigenvalue weighted by molar-refractivity contribution is 5.85. The molecule has 0 saturated carbocycles. The summed E-state index contributed by atoms with van der Waals surface area (Å²) < 4.78 is 34.1. The van der Waals surface area contributed by atoms with Crippen molar-refractivity contribution in [2.24, 2.45) is 5.92 Å². The fourth-order valence-corrected chi connectivity index (χ4v) is 5.46. The van der Waals surface area contributed by atoms with Gasteiger partial charge in [0, 0.05) is 41.3 Å². The number of para-hydroxylation sites is 1. The number of hydrogen-bond acceptors (Lipinski definition) is 4. The number of aromatic nitrogens is 1. The quantitative estimate of drug-likeness (QED) is 0.283. The van der Waals surface area contributed by atoms with Gasteiger partial charge in [0.2, 0.25) is 0 Å². The first-order chi connectivity index (χ1) is 17.9. The van der Waals surface area contributed by atoms with Gasteiger partial charge in [0.05, 0.1) is 18.6 Å². The lowest BCUT2D eigenvalue weighted by Crippen LogP contribution is -2.47. The summed E-state index contributed by atoms with van der Waals surface area (Å²) in [5.41, 5.74) is 4.27. The maximum Gasteiger partial charge on any atom is 0.307 e. The minimum absolute atomic E-state index is 0.0570. The van der Waals surface area contributed by atoms with Gasteiger partial charge in [-0.2, -0.15) is 0 Å². The summed E-state index contributed by atoms with van der Waals surface area (Å²) in [6.07, 6.45) is 2.03. The van der Waals surface area contributed by atoms with Crippen molar-refractivity contribution in [2.75, 3.05) is 32.9 Å². The van der Waals surface area contributed by atoms with E-state index < -0.39 is 17.9 Å². The van der Waals surface area contributed by atoms with Gasteiger partial charge in [0.25, 0.3) is 0 Å². The number of ether oxygens (including phenoxy) is 1. The Morgan fingerprint density at radius 1 is 1.27 bits per heavy atom. The van der Waals surface area contributed by atoms with Crippen molar-refractivity contribution in [3.8, 4) is 5.75 Å². The van der Waals surface area contributed by atoms with Crippen LogP contribution in [0.2, 0.25) is 0 Å². The van der Waals surface area contributed by atoms with Crippen molar-refractivity contribution >= 4 is 16.9 Å². The van der Waals surface area contributed by atoms with Crippen LogP contribution in [-0.2, 0) is 11.2 Å². The van der Waals surface area contributed by atoms with E-state index in [1.165, 1.54) is 6.07 Å². The highest BCUT2D eigenvalue weighted by Gasteiger charge is 2.40. The van der Waals surface area contributed by atoms with E-state index in [-0.39, 0.29) is 18.5 Å². The van der Waals surface area contributed by atoms with E-state index >= 15 is 4.39 Å². The van der Waals surface area contributed by atoms with E-state index in [2.05, 4.69) is 28.2 Å². The predicted molar refractivity (Wildman–Crippen MR) is 142 cm³/mol. The van der Waals surface area contributed by atoms with Gasteiger partial charge in [0.15, 0.2) is 0 Å². The standard InChI is InChI=1S/C29H37F2N3O3/c1-4-20-16-22-21-8-5-6-9-24(21)33-27(22)28(34(20)17-18(2)29(35)36)26-19(3)25(11-10-23(26)31)37-15-14-32-13-7-12-30/h5-6,8-11,18,20,28,32-33H,4,7,12-17H2,1-3H3,(H,35,36)/t18-,20?,28+/m0/s1. The molecule has 8 heteroatoms. The van der Waals surface area contributed by atoms with Crippen LogP contribution in [-0.4, -0.2) is 59.9 Å². The number of aliphatic carboxylic acids is 1. The maximum absolute atomic E-state index is 15.7. The number of aromatic amines is 1. The molecular weight excluding hydrogens is 476 g/mol. The molecule has 3 atom stereocenters. The van der Waals surface area contributed by atoms with Crippen molar-refractivity contribution in [3.05, 3.63) is 64.6 Å². The molecule has 200 valence electrons. The smallest absolute Gasteiger partial charge is 0.307 e. The van der Waals surface area contributed by atoms with Gasteiger partial charge in [0.1, 0.15) is 18.2 Å². The number of fused-ring (bicyclic) bond motifs is 3. The molecular formula is C29H37F2N3O3. The number of nitrogens with zero attached hydrogens (tertiary/aromatic N) is 1. The van der Waals surface area contributed by atoms with Gasteiger partial charge in [-0.1, -0.05) is 32.0 Å². The Bertz CT molecular complexity index is 1230. The Labute approximate surface area is 217 Å². The molecule has 1 aliphatic rings. The zero-order valence-electron chi connectivity index (χ0n) is 21.8. The number of carbonyl (C=O) groups is 1. The Kier molecular flexibility index (Phi) is 8.82. The minimum Gasteiger partial charge on any atom is -0.492 e. The van der Waals surface area contributed by atoms with E-state index in [1.54, 1.807) is 13.0 Å². The number of H-pyrrole nitrogens is 1. The number of carboxylic acids is 1. The molecule has 37 heavy (non-hydrogen) atoms. The number of benzene rings is 2. The summed E-state index contributed by atoms with van der Waals surface area (Å²) in [5, 5.41) is 14.0. The number of hydrogen-bond donors (Lipinski definition) is 3. The second kappa shape index (κ2) is 12.0. The molecule has 1 aliphatic heterocycles. The first-order valence-corrected chi connectivity index (χ1v) is 13.1. The molecule has 0 aliphatic carbocycles. The topological polar surface area (TPSA) is 77.6 Å². The first kappa shape index (κ1) is 27.1. The second-order valence-electron chi connectivity index (χ2n) is 9.89. The highest BCUT2D eigenvalue weighted by atomic mass is 19.1. The Morgan fingerprint density at radius 2 is 2.05 bits per heavy atom. The van der Waals surface area contributed by atoms with Crippen LogP contribution in [0.15, 0.2) is 36.4 Å². The van der Waals surface area contributed by atoms with Gasteiger partial charge in [-0.05, 0) is 62.1 Å². The predicted octanol–water partition coefficient (Wildman–Crippen LogP) is 5.39. The van der Waals surface area contributed by atoms with E-state index in [9.17, 15) is 14.3 Å². The minimum atomic E-state index is -0.870. The molecule has 0 spiro atoms. The van der Waals surface area contributed by atoms with E-state index in [1.807, 2.05) is 25.1 Å². The van der Waals surface area contributed by atoms with Gasteiger partial charge >= 0.3 is 5.97 Å². The van der Waals surface area contributed by atoms with Crippen LogP contribution in [0.25, 0.3) is 10.9 Å². The number of carboxylic acid groups (broad SMARTS) is 1. The van der Waals surface area contributed by atoms with Gasteiger partial charge in [-0.15, -0.1) is 0 Å². The van der Waals surface area contributed by atoms with E-state index in [0.717, 1.165) is 35.0 Å². The fraction of sp³-hybridized carbons (Fsp3) is 0.483. The van der Waals surface area contributed by atoms with Crippen LogP contribution >= 0.6 is 0 Å². The third-order valence-corrected chi connectivity index (χ3v) is 7.45. The van der Waals surface area contributed by atoms with Crippen LogP contribution < -0.4 is 10.1 Å². The third kappa shape index (κ3) is 5.65. The van der Waals surface area contributed by atoms with Crippen molar-refractivity contribution in [3.63, 3.8) is 0 Å². The van der Waals surface area contributed by atoms with Crippen LogP contribution in [0, 0.1) is 18.7 Å². The van der Waals surface area contributed by atoms with Gasteiger partial charge in [-0.3, -0.25) is 14.1 Å². The maximum atomic E-state index is 15.7. The van der Waals surface area contributed by atoms with Gasteiger partial charge in [-0.25, -0.2) is 4.39 Å². The van der Waals surface area contributed by atoms with Crippen molar-refractivity contribution < 1.29 is 23.4 Å². The normalized spacial score (nSPS) is 18.6. The monoisotopic (exact) mass is 513 g/mol. The molecule has 2 heterocycles. The van der Waals surface area contributed by atoms with Crippen LogP contribution in [0.5, 0.6) is 5.75 Å². The highest BCUT2D eigenvalue weighted by Crippen LogP contribution is 2.44. The molecule has 0 amide bonds. The zero-order valence-corrected chi connectivity index (χ0v) is 21.8. The fourth-order valence-electron chi connectivity index (χ4n) is 5.46. The molecule has 0 fully saturated rings. The van der Waals surface area contributed by atoms with Crippen LogP contribution in [0.4, 0.5) is 8.78 Å². The SMILES string of the molecule is CCC1Cc2c([nH]c3ccccc23)[C@@H](c2c(F)ccc(OCCNCCCF)c2C)N1C[C@H](C)C(=O)O. The molecule has 0 radical (unpaired) electrons. The van der Waals surface area contributed by atoms with Crippen molar-refractivity contribution in [2.45, 2.75) is 52.1 Å². The number of rotatable bonds is 12. The second-order valence-corrected chi connectivity index (χ2v) is 9.89. The summed E-state index contributed by atoms with van der Waals surface area (Å²) in [4.78, 5) is 17.6. The summed E-state index contributed by atoms with van der Waals surface area (Å²) in [7, 11) is 0. The average molecular weight is 514 g/mol. The molecule has 0 bridgehead atoms. The third-order valence-electron chi connectivity index (χ3n) is 7.45. The zero-order chi connectivity index (χ0) is 26.5. The number of alkyl halides is 1. The lowest BCUT2D eigenvalue weighted by Gasteiger charge is -2.43. The van der Waals surface area contributed by atoms with Crippen LogP contribution in [0.3, 0.4) is 0 Å². The van der Waals surface area contributed by atoms with E-state index in [0.29, 0.717) is 49.5 Å². The van der Waals surface area contributed by atoms with Crippen molar-refractivity contribution in [1.82, 2.24) is 15.2 Å². The molecule has 3 N–H and O–H groups in total. The number of halogens is 2. The van der Waals surface area contributed by atoms with Crippen molar-refractivity contribution in [1.29, 1.82) is 0 Å². The first-order valence-electron chi connectivity index (χ1n) is 13.1. The summed E-state index contributed by atoms with van der Waals surface area (Å²) in [5.74, 6) is -1.23. The lowest BCUT2D eigenvalue weighted by atomic mass is 9.84. The summed E-state index contributed by atoms with van der Waals surface area (Å²) >= 11 is 0. The number of nitrogens with one attached hydrogen (secondary N) is 2. The Balaban J connectivity index is 1.77.